The Balaban J connectivity index is 2.31. The molecular weight excluding hydrogens is 460 g/mol. The lowest BCUT2D eigenvalue weighted by Gasteiger charge is -2.14. The van der Waals surface area contributed by atoms with Crippen molar-refractivity contribution >= 4 is 62.4 Å². The van der Waals surface area contributed by atoms with Crippen molar-refractivity contribution < 1.29 is 32.7 Å². The van der Waals surface area contributed by atoms with Gasteiger partial charge in [-0.3, -0.25) is 9.55 Å². The van der Waals surface area contributed by atoms with Gasteiger partial charge in [-0.15, -0.1) is 9.45 Å². The van der Waals surface area contributed by atoms with E-state index in [0.29, 0.717) is 17.7 Å². The van der Waals surface area contributed by atoms with Crippen molar-refractivity contribution in [2.75, 3.05) is 5.73 Å². The predicted molar refractivity (Wildman–Crippen MR) is 120 cm³/mol. The molecule has 0 bridgehead atoms. The van der Waals surface area contributed by atoms with Gasteiger partial charge in [0, 0.05) is 0 Å². The highest BCUT2D eigenvalue weighted by Crippen LogP contribution is 2.49. The molecule has 0 saturated heterocycles. The Morgan fingerprint density at radius 1 is 1.12 bits per heavy atom. The minimum Gasteiger partial charge on any atom is -0.505 e. The summed E-state index contributed by atoms with van der Waals surface area (Å²) in [5, 5.41) is 31.4. The predicted octanol–water partition coefficient (Wildman–Crippen LogP) is 5.17. The van der Waals surface area contributed by atoms with Gasteiger partial charge in [0.1, 0.15) is 16.3 Å². The smallest absolute Gasteiger partial charge is 0.296 e. The fourth-order valence-corrected chi connectivity index (χ4v) is 4.29. The average Bonchev–Trinajstić information content (AvgIpc) is 2.71. The SMILES string of the molecule is C=Nc1c(S(=O)(=O)O)cc2cc(SOOO)c(N=Nc3ccc(C)cc3C)c(O)c2c1N. The molecule has 168 valence electrons. The molecule has 3 aromatic rings. The summed E-state index contributed by atoms with van der Waals surface area (Å²) in [5.74, 6) is -0.468. The molecular formula is C19H18N4O7S2. The zero-order valence-electron chi connectivity index (χ0n) is 16.8. The quantitative estimate of drug-likeness (QED) is 0.0678. The van der Waals surface area contributed by atoms with Crippen molar-refractivity contribution in [3.8, 4) is 5.75 Å². The van der Waals surface area contributed by atoms with Gasteiger partial charge >= 0.3 is 0 Å². The summed E-state index contributed by atoms with van der Waals surface area (Å²) in [6.45, 7) is 7.05. The van der Waals surface area contributed by atoms with Gasteiger partial charge in [-0.1, -0.05) is 22.7 Å². The van der Waals surface area contributed by atoms with Gasteiger partial charge < -0.3 is 10.8 Å². The van der Waals surface area contributed by atoms with Gasteiger partial charge in [-0.2, -0.15) is 13.5 Å². The number of benzene rings is 3. The normalized spacial score (nSPS) is 12.0. The van der Waals surface area contributed by atoms with Gasteiger partial charge in [0.2, 0.25) is 0 Å². The lowest BCUT2D eigenvalue weighted by Crippen LogP contribution is -2.02. The van der Waals surface area contributed by atoms with Crippen molar-refractivity contribution in [3.63, 3.8) is 0 Å². The fourth-order valence-electron chi connectivity index (χ4n) is 3.10. The number of hydrogen-bond acceptors (Lipinski definition) is 11. The number of phenols is 1. The third-order valence-electron chi connectivity index (χ3n) is 4.51. The number of aliphatic imine (C=N–C) groups is 1. The van der Waals surface area contributed by atoms with Crippen LogP contribution in [0.1, 0.15) is 11.1 Å². The summed E-state index contributed by atoms with van der Waals surface area (Å²) >= 11 is 0.472. The standard InChI is InChI=1S/C19H18N4O7S2/c1-9-4-5-12(10(2)6-9)22-23-17-13(31-30-29-25)7-11-8-14(32(26,27)28)18(21-3)16(20)15(11)19(17)24/h4-8,24-25H,3,20H2,1-2H3,(H,26,27,28). The van der Waals surface area contributed by atoms with Crippen LogP contribution in [-0.4, -0.2) is 30.1 Å². The number of nitrogen functional groups attached to an aromatic ring is 1. The maximum absolute atomic E-state index is 11.8. The van der Waals surface area contributed by atoms with Crippen molar-refractivity contribution in [1.82, 2.24) is 0 Å². The lowest BCUT2D eigenvalue weighted by molar-refractivity contribution is -0.432. The van der Waals surface area contributed by atoms with Gasteiger partial charge in [-0.05, 0) is 49.7 Å². The zero-order valence-corrected chi connectivity index (χ0v) is 18.4. The highest BCUT2D eigenvalue weighted by Gasteiger charge is 2.24. The molecule has 3 aromatic carbocycles. The van der Waals surface area contributed by atoms with E-state index in [1.165, 1.54) is 6.07 Å². The second kappa shape index (κ2) is 9.20. The number of hydrogen-bond donors (Lipinski definition) is 4. The number of aryl methyl sites for hydroxylation is 2. The van der Waals surface area contributed by atoms with Crippen LogP contribution in [0.25, 0.3) is 10.8 Å². The number of rotatable bonds is 7. The molecule has 13 heteroatoms. The van der Waals surface area contributed by atoms with E-state index in [1.54, 1.807) is 6.07 Å². The van der Waals surface area contributed by atoms with Crippen LogP contribution < -0.4 is 5.73 Å². The third-order valence-corrected chi connectivity index (χ3v) is 6.00. The first kappa shape index (κ1) is 23.6. The zero-order chi connectivity index (χ0) is 23.6. The summed E-state index contributed by atoms with van der Waals surface area (Å²) < 4.78 is 37.5. The van der Waals surface area contributed by atoms with Gasteiger partial charge in [0.25, 0.3) is 10.1 Å². The first-order valence-corrected chi connectivity index (χ1v) is 11.0. The molecule has 5 N–H and O–H groups in total. The summed E-state index contributed by atoms with van der Waals surface area (Å²) in [6, 6.07) is 7.91. The molecule has 0 spiro atoms. The molecule has 0 unspecified atom stereocenters. The van der Waals surface area contributed by atoms with E-state index in [1.807, 2.05) is 26.0 Å². The minimum atomic E-state index is -4.71. The van der Waals surface area contributed by atoms with E-state index >= 15 is 0 Å². The first-order chi connectivity index (χ1) is 15.1. The highest BCUT2D eigenvalue weighted by atomic mass is 32.2. The van der Waals surface area contributed by atoms with Crippen LogP contribution in [-0.2, 0) is 19.5 Å². The number of aromatic hydroxyl groups is 1. The molecule has 0 atom stereocenters. The lowest BCUT2D eigenvalue weighted by atomic mass is 10.0. The average molecular weight is 479 g/mol. The molecule has 0 saturated carbocycles. The third kappa shape index (κ3) is 4.57. The Morgan fingerprint density at radius 2 is 1.84 bits per heavy atom. The number of phenolic OH excluding ortho intramolecular Hbond substituents is 1. The van der Waals surface area contributed by atoms with Crippen LogP contribution >= 0.6 is 12.0 Å². The Hall–Kier alpha value is -3.07. The van der Waals surface area contributed by atoms with Crippen molar-refractivity contribution in [2.24, 2.45) is 15.2 Å². The molecule has 32 heavy (non-hydrogen) atoms. The van der Waals surface area contributed by atoms with Crippen molar-refractivity contribution in [1.29, 1.82) is 0 Å². The Kier molecular flexibility index (Phi) is 6.78. The molecule has 0 heterocycles. The van der Waals surface area contributed by atoms with Crippen LogP contribution in [0.2, 0.25) is 0 Å². The Morgan fingerprint density at radius 3 is 2.44 bits per heavy atom. The van der Waals surface area contributed by atoms with Gasteiger partial charge in [0.05, 0.1) is 33.7 Å². The maximum Gasteiger partial charge on any atom is 0.296 e. The van der Waals surface area contributed by atoms with E-state index in [4.69, 9.17) is 11.0 Å². The molecule has 0 aromatic heterocycles. The number of azo groups is 1. The second-order valence-electron chi connectivity index (χ2n) is 6.66. The fraction of sp³-hybridized carbons (Fsp3) is 0.105. The van der Waals surface area contributed by atoms with Crippen LogP contribution in [0.15, 0.2) is 55.3 Å². The summed E-state index contributed by atoms with van der Waals surface area (Å²) in [4.78, 5) is 3.08. The number of nitrogens with zero attached hydrogens (tertiary/aromatic N) is 3. The molecule has 0 fully saturated rings. The first-order valence-electron chi connectivity index (χ1n) is 8.78. The van der Waals surface area contributed by atoms with Gasteiger partial charge in [-0.25, -0.2) is 5.26 Å². The molecule has 11 nitrogen and oxygen atoms in total. The van der Waals surface area contributed by atoms with Crippen LogP contribution in [0, 0.1) is 13.8 Å². The largest absolute Gasteiger partial charge is 0.505 e. The Bertz CT molecular complexity index is 1360. The van der Waals surface area contributed by atoms with Crippen LogP contribution in [0.5, 0.6) is 5.75 Å². The van der Waals surface area contributed by atoms with E-state index < -0.39 is 20.8 Å². The number of fused-ring (bicyclic) bond motifs is 1. The molecule has 3 rings (SSSR count). The Labute approximate surface area is 187 Å². The highest BCUT2D eigenvalue weighted by molar-refractivity contribution is 7.94. The summed E-state index contributed by atoms with van der Waals surface area (Å²) in [6.07, 6.45) is 0. The van der Waals surface area contributed by atoms with E-state index in [9.17, 15) is 18.1 Å². The molecule has 0 aliphatic heterocycles. The van der Waals surface area contributed by atoms with E-state index in [-0.39, 0.29) is 32.7 Å². The van der Waals surface area contributed by atoms with Crippen molar-refractivity contribution in [3.05, 3.63) is 41.5 Å². The monoisotopic (exact) mass is 478 g/mol. The number of anilines is 1. The van der Waals surface area contributed by atoms with Crippen LogP contribution in [0.4, 0.5) is 22.7 Å². The second-order valence-corrected chi connectivity index (χ2v) is 8.79. The molecule has 0 aliphatic carbocycles. The van der Waals surface area contributed by atoms with E-state index in [0.717, 1.165) is 17.2 Å². The summed E-state index contributed by atoms with van der Waals surface area (Å²) in [5.41, 5.74) is 7.79. The van der Waals surface area contributed by atoms with Crippen LogP contribution in [0.3, 0.4) is 0 Å². The van der Waals surface area contributed by atoms with Gasteiger partial charge in [0.15, 0.2) is 5.75 Å². The molecule has 0 radical (unpaired) electrons. The molecule has 0 aliphatic rings. The van der Waals surface area contributed by atoms with Crippen molar-refractivity contribution in [2.45, 2.75) is 23.6 Å². The van der Waals surface area contributed by atoms with E-state index in [2.05, 4.69) is 31.3 Å². The maximum atomic E-state index is 11.8. The molecule has 0 amide bonds. The minimum absolute atomic E-state index is 0.00337. The number of nitrogens with two attached hydrogens (primary N) is 1. The topological polar surface area (TPSA) is 176 Å². The summed E-state index contributed by atoms with van der Waals surface area (Å²) in [7, 11) is -4.71.